The van der Waals surface area contributed by atoms with Gasteiger partial charge in [-0.2, -0.15) is 12.8 Å². The van der Waals surface area contributed by atoms with Crippen LogP contribution in [0, 0.1) is 6.42 Å². The van der Waals surface area contributed by atoms with Crippen molar-refractivity contribution in [2.75, 3.05) is 6.61 Å². The second-order valence-electron chi connectivity index (χ2n) is 2.44. The van der Waals surface area contributed by atoms with Gasteiger partial charge >= 0.3 is 0 Å². The van der Waals surface area contributed by atoms with Gasteiger partial charge in [0.25, 0.3) is 0 Å². The SMILES string of the molecule is CCO[C-]=O.[CH-]1CCCCC1.[I-].[Zn]. The zero-order valence-electron chi connectivity index (χ0n) is 8.22. The second kappa shape index (κ2) is 18.6. The molecule has 0 saturated heterocycles. The maximum Gasteiger partial charge on any atom is 0.0451 e. The molecule has 0 aromatic carbocycles. The van der Waals surface area contributed by atoms with Crippen LogP contribution in [0.3, 0.4) is 0 Å². The van der Waals surface area contributed by atoms with Crippen LogP contribution in [0.5, 0.6) is 0 Å². The van der Waals surface area contributed by atoms with Crippen molar-refractivity contribution in [3.8, 4) is 0 Å². The standard InChI is InChI=1S/C6H11.C3H5O2.HI.Zn/c1-2-4-6-5-3-1;1-2-5-3-4;;/h1H,2-6H2;2H2,1H3;1H;/q2*-1;;/p-1. The number of halogens is 1. The molecule has 0 unspecified atom stereocenters. The number of ether oxygens (including phenoxy) is 1. The van der Waals surface area contributed by atoms with E-state index in [0.29, 0.717) is 6.61 Å². The molecule has 0 atom stereocenters. The molecule has 0 bridgehead atoms. The molecular formula is C9H16IO2Zn-3. The maximum atomic E-state index is 9.06. The van der Waals surface area contributed by atoms with Crippen molar-refractivity contribution in [3.05, 3.63) is 6.42 Å². The average molecular weight is 349 g/mol. The number of rotatable bonds is 2. The number of hydrogen-bond donors (Lipinski definition) is 0. The topological polar surface area (TPSA) is 26.3 Å². The Morgan fingerprint density at radius 3 is 1.92 bits per heavy atom. The molecule has 0 radical (unpaired) electrons. The fraction of sp³-hybridized carbons (Fsp3) is 0.778. The Kier molecular flexibility index (Phi) is 27.7. The zero-order chi connectivity index (χ0) is 8.36. The molecular weight excluding hydrogens is 332 g/mol. The summed E-state index contributed by atoms with van der Waals surface area (Å²) in [6, 6.07) is 0. The van der Waals surface area contributed by atoms with Crippen molar-refractivity contribution < 1.29 is 53.0 Å². The molecule has 1 saturated carbocycles. The fourth-order valence-corrected chi connectivity index (χ4v) is 0.957. The molecule has 0 amide bonds. The summed E-state index contributed by atoms with van der Waals surface area (Å²) >= 11 is 0. The van der Waals surface area contributed by atoms with E-state index >= 15 is 0 Å². The first-order chi connectivity index (χ1) is 5.41. The Morgan fingerprint density at radius 2 is 1.85 bits per heavy atom. The molecule has 0 aromatic heterocycles. The smallest absolute Gasteiger partial charge is 0.0451 e. The van der Waals surface area contributed by atoms with Crippen LogP contribution in [-0.4, -0.2) is 13.1 Å². The summed E-state index contributed by atoms with van der Waals surface area (Å²) in [5, 5.41) is 0. The molecule has 76 valence electrons. The van der Waals surface area contributed by atoms with Crippen LogP contribution in [0.4, 0.5) is 0 Å². The first-order valence-corrected chi connectivity index (χ1v) is 4.22. The number of carbonyl (C=O) groups excluding carboxylic acids is 1. The Bertz CT molecular complexity index is 76.2. The van der Waals surface area contributed by atoms with Gasteiger partial charge in [-0.1, -0.05) is 25.7 Å². The summed E-state index contributed by atoms with van der Waals surface area (Å²) in [5.74, 6) is 0. The normalized spacial score (nSPS) is 13.6. The summed E-state index contributed by atoms with van der Waals surface area (Å²) in [7, 11) is 0. The van der Waals surface area contributed by atoms with Gasteiger partial charge in [0.05, 0.1) is 0 Å². The van der Waals surface area contributed by atoms with Crippen LogP contribution in [0.25, 0.3) is 0 Å². The molecule has 0 spiro atoms. The molecule has 2 nitrogen and oxygen atoms in total. The predicted octanol–water partition coefficient (Wildman–Crippen LogP) is -0.754. The molecule has 0 N–H and O–H groups in total. The van der Waals surface area contributed by atoms with E-state index in [1.165, 1.54) is 38.6 Å². The Balaban J connectivity index is -0.000000136. The van der Waals surface area contributed by atoms with Crippen LogP contribution < -0.4 is 24.0 Å². The van der Waals surface area contributed by atoms with Crippen molar-refractivity contribution in [2.24, 2.45) is 0 Å². The van der Waals surface area contributed by atoms with Crippen LogP contribution >= 0.6 is 0 Å². The largest absolute Gasteiger partial charge is 1.00 e. The summed E-state index contributed by atoms with van der Waals surface area (Å²) in [6.07, 6.45) is 9.50. The third-order valence-electron chi connectivity index (χ3n) is 1.52. The Morgan fingerprint density at radius 1 is 1.31 bits per heavy atom. The maximum absolute atomic E-state index is 9.06. The number of hydrogen-bond acceptors (Lipinski definition) is 2. The van der Waals surface area contributed by atoms with Crippen LogP contribution in [0.15, 0.2) is 0 Å². The van der Waals surface area contributed by atoms with Crippen molar-refractivity contribution in [3.63, 3.8) is 0 Å². The third-order valence-corrected chi connectivity index (χ3v) is 1.52. The van der Waals surface area contributed by atoms with Crippen molar-refractivity contribution in [2.45, 2.75) is 39.0 Å². The van der Waals surface area contributed by atoms with Gasteiger partial charge in [-0.25, -0.2) is 0 Å². The summed E-state index contributed by atoms with van der Waals surface area (Å²) in [4.78, 5) is 9.06. The zero-order valence-corrected chi connectivity index (χ0v) is 13.3. The fourth-order valence-electron chi connectivity index (χ4n) is 0.957. The molecule has 1 fully saturated rings. The molecule has 0 aromatic rings. The summed E-state index contributed by atoms with van der Waals surface area (Å²) in [6.45, 7) is 3.41. The van der Waals surface area contributed by atoms with Gasteiger partial charge in [-0.05, 0) is 6.92 Å². The van der Waals surface area contributed by atoms with Gasteiger partial charge in [0, 0.05) is 26.1 Å². The molecule has 1 aliphatic rings. The van der Waals surface area contributed by atoms with Gasteiger partial charge in [0.15, 0.2) is 0 Å². The molecule has 1 rings (SSSR count). The van der Waals surface area contributed by atoms with E-state index < -0.39 is 0 Å². The molecule has 13 heavy (non-hydrogen) atoms. The Hall–Kier alpha value is 0.823. The van der Waals surface area contributed by atoms with E-state index in [0.717, 1.165) is 0 Å². The molecule has 0 aliphatic heterocycles. The van der Waals surface area contributed by atoms with E-state index in [1.54, 1.807) is 6.92 Å². The minimum absolute atomic E-state index is 0. The molecule has 1 aliphatic carbocycles. The van der Waals surface area contributed by atoms with Gasteiger partial charge in [0.2, 0.25) is 0 Å². The van der Waals surface area contributed by atoms with Crippen molar-refractivity contribution >= 4 is 6.47 Å². The molecule has 0 heterocycles. The minimum Gasteiger partial charge on any atom is -1.00 e. The van der Waals surface area contributed by atoms with E-state index in [4.69, 9.17) is 4.79 Å². The van der Waals surface area contributed by atoms with Crippen molar-refractivity contribution in [1.82, 2.24) is 0 Å². The third kappa shape index (κ3) is 19.3. The van der Waals surface area contributed by atoms with E-state index in [1.807, 2.05) is 0 Å². The van der Waals surface area contributed by atoms with Crippen LogP contribution in [0.1, 0.15) is 39.0 Å². The summed E-state index contributed by atoms with van der Waals surface area (Å²) in [5.41, 5.74) is 0. The van der Waals surface area contributed by atoms with Gasteiger partial charge in [-0.3, -0.25) is 0 Å². The van der Waals surface area contributed by atoms with Crippen LogP contribution in [0.2, 0.25) is 0 Å². The van der Waals surface area contributed by atoms with E-state index in [2.05, 4.69) is 11.2 Å². The monoisotopic (exact) mass is 347 g/mol. The quantitative estimate of drug-likeness (QED) is 0.373. The van der Waals surface area contributed by atoms with Gasteiger partial charge in [-0.15, -0.1) is 0 Å². The molecule has 4 heteroatoms. The minimum atomic E-state index is 0. The predicted molar refractivity (Wildman–Crippen MR) is 44.7 cm³/mol. The first kappa shape index (κ1) is 19.4. The second-order valence-corrected chi connectivity index (χ2v) is 2.44. The van der Waals surface area contributed by atoms with Gasteiger partial charge < -0.3 is 39.9 Å². The van der Waals surface area contributed by atoms with Gasteiger partial charge in [0.1, 0.15) is 0 Å². The van der Waals surface area contributed by atoms with Crippen molar-refractivity contribution in [1.29, 1.82) is 0 Å². The average Bonchev–Trinajstić information content (AvgIpc) is 2.10. The first-order valence-electron chi connectivity index (χ1n) is 4.22. The van der Waals surface area contributed by atoms with E-state index in [-0.39, 0.29) is 43.5 Å². The summed E-state index contributed by atoms with van der Waals surface area (Å²) < 4.78 is 4.03. The van der Waals surface area contributed by atoms with Crippen LogP contribution in [-0.2, 0) is 29.0 Å². The van der Waals surface area contributed by atoms with E-state index in [9.17, 15) is 0 Å². The Labute approximate surface area is 111 Å².